The summed E-state index contributed by atoms with van der Waals surface area (Å²) in [6.45, 7) is 12.2. The first kappa shape index (κ1) is 37.2. The smallest absolute Gasteiger partial charge is 0.323 e. The van der Waals surface area contributed by atoms with Crippen molar-refractivity contribution >= 4 is 43.8 Å². The van der Waals surface area contributed by atoms with E-state index in [-0.39, 0.29) is 0 Å². The molecule has 0 spiro atoms. The maximum absolute atomic E-state index is 11.5. The van der Waals surface area contributed by atoms with Gasteiger partial charge in [-0.15, -0.1) is 0 Å². The van der Waals surface area contributed by atoms with Gasteiger partial charge in [-0.05, 0) is 155 Å². The van der Waals surface area contributed by atoms with Crippen LogP contribution in [0.5, 0.6) is 11.5 Å². The number of carbonyl (C=O) groups is 2. The number of aliphatic carboxylic acids is 2. The number of benzene rings is 4. The van der Waals surface area contributed by atoms with Gasteiger partial charge in [-0.3, -0.25) is 14.9 Å². The van der Waals surface area contributed by atoms with Crippen LogP contribution in [0.25, 0.3) is 11.1 Å². The number of ether oxygens (including phenoxy) is 2. The minimum absolute atomic E-state index is 0.390. The highest BCUT2D eigenvalue weighted by Gasteiger charge is 2.27. The van der Waals surface area contributed by atoms with E-state index >= 15 is 0 Å². The summed E-state index contributed by atoms with van der Waals surface area (Å²) < 4.78 is 14.1. The van der Waals surface area contributed by atoms with E-state index in [2.05, 4.69) is 81.4 Å². The SMILES string of the molecule is Cc1c(COc2ccc(CCC(C)(C)C(=O)O)cc2Br)cccc1-c1cccc(COc2ccc(CNC(C)(C)C(=O)O)cc2Br)c1C. The lowest BCUT2D eigenvalue weighted by Gasteiger charge is -2.21. The Morgan fingerprint density at radius 3 is 1.65 bits per heavy atom. The summed E-state index contributed by atoms with van der Waals surface area (Å²) >= 11 is 7.25. The van der Waals surface area contributed by atoms with Crippen LogP contribution in [0.4, 0.5) is 0 Å². The lowest BCUT2D eigenvalue weighted by Crippen LogP contribution is -2.46. The van der Waals surface area contributed by atoms with Gasteiger partial charge < -0.3 is 19.7 Å². The van der Waals surface area contributed by atoms with Crippen molar-refractivity contribution in [3.05, 3.63) is 115 Å². The van der Waals surface area contributed by atoms with E-state index in [0.717, 1.165) is 59.2 Å². The van der Waals surface area contributed by atoms with Crippen LogP contribution in [0.1, 0.15) is 67.5 Å². The summed E-state index contributed by atoms with van der Waals surface area (Å²) in [5.41, 5.74) is 6.89. The number of rotatable bonds is 15. The van der Waals surface area contributed by atoms with Crippen LogP contribution in [-0.2, 0) is 35.8 Å². The number of carboxylic acids is 2. The Kier molecular flexibility index (Phi) is 12.2. The van der Waals surface area contributed by atoms with Crippen LogP contribution in [0, 0.1) is 19.3 Å². The van der Waals surface area contributed by atoms with Crippen LogP contribution in [0.15, 0.2) is 81.7 Å². The molecule has 0 aliphatic carbocycles. The molecule has 48 heavy (non-hydrogen) atoms. The van der Waals surface area contributed by atoms with Crippen LogP contribution >= 0.6 is 31.9 Å². The Labute approximate surface area is 300 Å². The molecule has 0 fully saturated rings. The maximum atomic E-state index is 11.5. The first-order valence-corrected chi connectivity index (χ1v) is 17.4. The summed E-state index contributed by atoms with van der Waals surface area (Å²) in [6, 6.07) is 24.2. The lowest BCUT2D eigenvalue weighted by atomic mass is 9.86. The van der Waals surface area contributed by atoms with Crippen molar-refractivity contribution in [1.29, 1.82) is 0 Å². The second kappa shape index (κ2) is 15.7. The van der Waals surface area contributed by atoms with Gasteiger partial charge in [0, 0.05) is 6.54 Å². The Hall–Kier alpha value is -3.66. The fourth-order valence-electron chi connectivity index (χ4n) is 5.12. The first-order valence-electron chi connectivity index (χ1n) is 15.8. The van der Waals surface area contributed by atoms with Crippen LogP contribution < -0.4 is 14.8 Å². The number of hydrogen-bond donors (Lipinski definition) is 3. The highest BCUT2D eigenvalue weighted by Crippen LogP contribution is 2.34. The molecule has 4 aromatic rings. The van der Waals surface area contributed by atoms with E-state index < -0.39 is 22.9 Å². The van der Waals surface area contributed by atoms with Gasteiger partial charge in [-0.25, -0.2) is 0 Å². The molecule has 254 valence electrons. The standard InChI is InChI=1S/C39H43Br2NO6/c1-24-28(22-47-34-15-13-26(19-32(34)40)17-18-38(3,4)36(43)44)9-7-11-30(24)31-12-8-10-29(25(31)2)23-48-35-16-14-27(20-33(35)41)21-42-39(5,6)37(45)46/h7-16,19-20,42H,17-18,21-23H2,1-6H3,(H,43,44)(H,45,46). The van der Waals surface area contributed by atoms with Gasteiger partial charge in [0.1, 0.15) is 30.3 Å². The van der Waals surface area contributed by atoms with Gasteiger partial charge in [-0.1, -0.05) is 48.5 Å². The third-order valence-electron chi connectivity index (χ3n) is 8.83. The zero-order valence-corrected chi connectivity index (χ0v) is 31.4. The highest BCUT2D eigenvalue weighted by atomic mass is 79.9. The summed E-state index contributed by atoms with van der Waals surface area (Å²) in [5.74, 6) is -0.253. The van der Waals surface area contributed by atoms with Crippen molar-refractivity contribution in [2.75, 3.05) is 0 Å². The Balaban J connectivity index is 1.42. The quantitative estimate of drug-likeness (QED) is 0.110. The van der Waals surface area contributed by atoms with Gasteiger partial charge >= 0.3 is 11.9 Å². The molecule has 0 aliphatic rings. The van der Waals surface area contributed by atoms with E-state index in [9.17, 15) is 19.8 Å². The zero-order chi connectivity index (χ0) is 35.2. The van der Waals surface area contributed by atoms with Gasteiger partial charge in [0.05, 0.1) is 14.4 Å². The number of carboxylic acid groups (broad SMARTS) is 2. The van der Waals surface area contributed by atoms with E-state index in [4.69, 9.17) is 9.47 Å². The topological polar surface area (TPSA) is 105 Å². The molecule has 9 heteroatoms. The third-order valence-corrected chi connectivity index (χ3v) is 10.1. The molecule has 0 saturated carbocycles. The minimum atomic E-state index is -1.02. The minimum Gasteiger partial charge on any atom is -0.488 e. The Bertz CT molecular complexity index is 1670. The zero-order valence-electron chi connectivity index (χ0n) is 28.2. The van der Waals surface area contributed by atoms with Crippen LogP contribution in [0.3, 0.4) is 0 Å². The predicted octanol–water partition coefficient (Wildman–Crippen LogP) is 9.65. The van der Waals surface area contributed by atoms with E-state index in [1.165, 1.54) is 0 Å². The van der Waals surface area contributed by atoms with Crippen molar-refractivity contribution in [3.63, 3.8) is 0 Å². The van der Waals surface area contributed by atoms with Gasteiger partial charge in [0.15, 0.2) is 0 Å². The molecular formula is C39H43Br2NO6. The van der Waals surface area contributed by atoms with Gasteiger partial charge in [0.2, 0.25) is 0 Å². The average molecular weight is 782 g/mol. The van der Waals surface area contributed by atoms with Crippen LogP contribution in [0.2, 0.25) is 0 Å². The Morgan fingerprint density at radius 2 is 1.19 bits per heavy atom. The first-order chi connectivity index (χ1) is 22.6. The molecular weight excluding hydrogens is 738 g/mol. The van der Waals surface area contributed by atoms with Crippen molar-refractivity contribution < 1.29 is 29.3 Å². The summed E-state index contributed by atoms with van der Waals surface area (Å²) in [6.07, 6.45) is 1.21. The fourth-order valence-corrected chi connectivity index (χ4v) is 6.21. The molecule has 0 aromatic heterocycles. The largest absolute Gasteiger partial charge is 0.488 e. The molecule has 3 N–H and O–H groups in total. The molecule has 4 rings (SSSR count). The summed E-state index contributed by atoms with van der Waals surface area (Å²) in [4.78, 5) is 22.9. The number of halogens is 2. The number of aryl methyl sites for hydroxylation is 1. The second-order valence-electron chi connectivity index (χ2n) is 13.3. The second-order valence-corrected chi connectivity index (χ2v) is 15.0. The van der Waals surface area contributed by atoms with Crippen LogP contribution in [-0.4, -0.2) is 27.7 Å². The van der Waals surface area contributed by atoms with Gasteiger partial charge in [0.25, 0.3) is 0 Å². The lowest BCUT2D eigenvalue weighted by molar-refractivity contribution is -0.147. The van der Waals surface area contributed by atoms with Crippen molar-refractivity contribution in [2.24, 2.45) is 5.41 Å². The molecule has 0 amide bonds. The molecule has 0 bridgehead atoms. The van der Waals surface area contributed by atoms with Crippen molar-refractivity contribution in [3.8, 4) is 22.6 Å². The van der Waals surface area contributed by atoms with Gasteiger partial charge in [-0.2, -0.15) is 0 Å². The molecule has 0 unspecified atom stereocenters. The van der Waals surface area contributed by atoms with E-state index in [1.54, 1.807) is 27.7 Å². The normalized spacial score (nSPS) is 11.8. The van der Waals surface area contributed by atoms with Crippen molar-refractivity contribution in [1.82, 2.24) is 5.32 Å². The molecule has 0 saturated heterocycles. The molecule has 0 aliphatic heterocycles. The maximum Gasteiger partial charge on any atom is 0.323 e. The number of nitrogens with one attached hydrogen (secondary N) is 1. The molecule has 7 nitrogen and oxygen atoms in total. The monoisotopic (exact) mass is 779 g/mol. The predicted molar refractivity (Wildman–Crippen MR) is 197 cm³/mol. The Morgan fingerprint density at radius 1 is 0.708 bits per heavy atom. The highest BCUT2D eigenvalue weighted by molar-refractivity contribution is 9.10. The fraction of sp³-hybridized carbons (Fsp3) is 0.333. The van der Waals surface area contributed by atoms with E-state index in [0.29, 0.717) is 38.3 Å². The average Bonchev–Trinajstić information content (AvgIpc) is 3.03. The van der Waals surface area contributed by atoms with Crippen molar-refractivity contribution in [2.45, 2.75) is 79.7 Å². The van der Waals surface area contributed by atoms with E-state index in [1.807, 2.05) is 42.5 Å². The summed E-state index contributed by atoms with van der Waals surface area (Å²) in [7, 11) is 0. The third kappa shape index (κ3) is 9.27. The summed E-state index contributed by atoms with van der Waals surface area (Å²) in [5, 5.41) is 21.8. The molecule has 0 radical (unpaired) electrons. The molecule has 0 heterocycles. The number of hydrogen-bond acceptors (Lipinski definition) is 5. The molecule has 0 atom stereocenters. The molecule has 4 aromatic carbocycles.